The fraction of sp³-hybridized carbons (Fsp3) is 0.471. The second kappa shape index (κ2) is 6.98. The number of pyridine rings is 1. The van der Waals surface area contributed by atoms with Crippen molar-refractivity contribution in [1.29, 1.82) is 0 Å². The number of benzene rings is 1. The summed E-state index contributed by atoms with van der Waals surface area (Å²) in [6.07, 6.45) is 1.22. The summed E-state index contributed by atoms with van der Waals surface area (Å²) in [5, 5.41) is 1.21. The van der Waals surface area contributed by atoms with Gasteiger partial charge in [-0.05, 0) is 31.6 Å². The Balaban J connectivity index is 1.64. The zero-order chi connectivity index (χ0) is 14.5. The molecular weight excluding hydrogens is 260 g/mol. The molecule has 112 valence electrons. The van der Waals surface area contributed by atoms with E-state index in [2.05, 4.69) is 46.2 Å². The van der Waals surface area contributed by atoms with Crippen LogP contribution in [0.4, 0.5) is 0 Å². The predicted octanol–water partition coefficient (Wildman–Crippen LogP) is 1.70. The summed E-state index contributed by atoms with van der Waals surface area (Å²) in [6.45, 7) is 7.25. The predicted molar refractivity (Wildman–Crippen MR) is 87.1 cm³/mol. The molecule has 1 saturated heterocycles. The molecule has 21 heavy (non-hydrogen) atoms. The van der Waals surface area contributed by atoms with E-state index in [1.165, 1.54) is 24.0 Å². The highest BCUT2D eigenvalue weighted by atomic mass is 15.2. The van der Waals surface area contributed by atoms with Gasteiger partial charge in [0.1, 0.15) is 0 Å². The molecule has 2 heterocycles. The first-order valence-electron chi connectivity index (χ1n) is 7.84. The van der Waals surface area contributed by atoms with Gasteiger partial charge >= 0.3 is 0 Å². The van der Waals surface area contributed by atoms with Crippen molar-refractivity contribution < 1.29 is 0 Å². The highest BCUT2D eigenvalue weighted by Gasteiger charge is 2.14. The lowest BCUT2D eigenvalue weighted by atomic mass is 10.2. The van der Waals surface area contributed by atoms with Crippen LogP contribution in [0.25, 0.3) is 10.9 Å². The maximum Gasteiger partial charge on any atom is 0.0705 e. The second-order valence-electron chi connectivity index (χ2n) is 5.76. The Morgan fingerprint density at radius 3 is 2.67 bits per heavy atom. The Hall–Kier alpha value is -1.49. The maximum atomic E-state index is 5.66. The van der Waals surface area contributed by atoms with E-state index in [1.54, 1.807) is 0 Å². The molecule has 0 bridgehead atoms. The topological polar surface area (TPSA) is 45.4 Å². The molecular formula is C17H24N4. The zero-order valence-corrected chi connectivity index (χ0v) is 12.5. The number of hydrogen-bond acceptors (Lipinski definition) is 4. The van der Waals surface area contributed by atoms with Gasteiger partial charge in [-0.1, -0.05) is 24.3 Å². The summed E-state index contributed by atoms with van der Waals surface area (Å²) in [6, 6.07) is 12.6. The molecule has 0 atom stereocenters. The molecule has 1 aliphatic heterocycles. The normalized spacial score (nSPS) is 18.0. The van der Waals surface area contributed by atoms with Gasteiger partial charge in [-0.2, -0.15) is 0 Å². The number of rotatable bonds is 4. The Kier molecular flexibility index (Phi) is 4.80. The molecule has 0 amide bonds. The zero-order valence-electron chi connectivity index (χ0n) is 12.5. The molecule has 1 fully saturated rings. The van der Waals surface area contributed by atoms with Crippen molar-refractivity contribution in [2.75, 3.05) is 39.3 Å². The van der Waals surface area contributed by atoms with Gasteiger partial charge < -0.3 is 10.6 Å². The van der Waals surface area contributed by atoms with E-state index in [0.29, 0.717) is 0 Å². The number of nitrogens with zero attached hydrogens (tertiary/aromatic N) is 3. The van der Waals surface area contributed by atoms with Crippen LogP contribution < -0.4 is 5.73 Å². The van der Waals surface area contributed by atoms with E-state index < -0.39 is 0 Å². The molecule has 0 spiro atoms. The highest BCUT2D eigenvalue weighted by molar-refractivity contribution is 5.78. The second-order valence-corrected chi connectivity index (χ2v) is 5.76. The third kappa shape index (κ3) is 3.79. The van der Waals surface area contributed by atoms with Crippen LogP contribution in [0.1, 0.15) is 12.1 Å². The van der Waals surface area contributed by atoms with E-state index >= 15 is 0 Å². The summed E-state index contributed by atoms with van der Waals surface area (Å²) in [7, 11) is 0. The molecule has 1 aromatic carbocycles. The lowest BCUT2D eigenvalue weighted by Crippen LogP contribution is -2.33. The van der Waals surface area contributed by atoms with Gasteiger partial charge in [-0.25, -0.2) is 0 Å². The SMILES string of the molecule is NCCN1CCCN(Cc2ccc3ccccc3n2)CC1. The van der Waals surface area contributed by atoms with Crippen molar-refractivity contribution in [3.05, 3.63) is 42.1 Å². The fourth-order valence-corrected chi connectivity index (χ4v) is 3.01. The van der Waals surface area contributed by atoms with E-state index in [9.17, 15) is 0 Å². The fourth-order valence-electron chi connectivity index (χ4n) is 3.01. The molecule has 1 aliphatic rings. The number of hydrogen-bond donors (Lipinski definition) is 1. The lowest BCUT2D eigenvalue weighted by Gasteiger charge is -2.21. The molecule has 3 rings (SSSR count). The number of nitrogens with two attached hydrogens (primary N) is 1. The average Bonchev–Trinajstić information content (AvgIpc) is 2.73. The van der Waals surface area contributed by atoms with E-state index in [0.717, 1.165) is 44.8 Å². The largest absolute Gasteiger partial charge is 0.329 e. The van der Waals surface area contributed by atoms with Gasteiger partial charge in [0.05, 0.1) is 11.2 Å². The average molecular weight is 284 g/mol. The molecule has 0 saturated carbocycles. The summed E-state index contributed by atoms with van der Waals surface area (Å²) in [4.78, 5) is 9.75. The molecule has 0 radical (unpaired) electrons. The van der Waals surface area contributed by atoms with Gasteiger partial charge in [-0.15, -0.1) is 0 Å². The standard InChI is InChI=1S/C17H24N4/c18-8-11-20-9-3-10-21(13-12-20)14-16-7-6-15-4-1-2-5-17(15)19-16/h1-2,4-7H,3,8-14,18H2. The van der Waals surface area contributed by atoms with Crippen LogP contribution in [0, 0.1) is 0 Å². The Bertz CT molecular complexity index is 584. The Labute approximate surface area is 126 Å². The highest BCUT2D eigenvalue weighted by Crippen LogP contribution is 2.14. The monoisotopic (exact) mass is 284 g/mol. The molecule has 1 aromatic heterocycles. The summed E-state index contributed by atoms with van der Waals surface area (Å²) in [5.74, 6) is 0. The van der Waals surface area contributed by atoms with Crippen LogP contribution in [0.3, 0.4) is 0 Å². The first-order chi connectivity index (χ1) is 10.3. The first-order valence-corrected chi connectivity index (χ1v) is 7.84. The molecule has 2 aromatic rings. The van der Waals surface area contributed by atoms with Crippen LogP contribution in [-0.2, 0) is 6.54 Å². The molecule has 4 nitrogen and oxygen atoms in total. The van der Waals surface area contributed by atoms with Gasteiger partial charge in [0.2, 0.25) is 0 Å². The van der Waals surface area contributed by atoms with Gasteiger partial charge in [-0.3, -0.25) is 9.88 Å². The first kappa shape index (κ1) is 14.4. The van der Waals surface area contributed by atoms with Crippen molar-refractivity contribution in [3.63, 3.8) is 0 Å². The molecule has 0 unspecified atom stereocenters. The van der Waals surface area contributed by atoms with Crippen LogP contribution >= 0.6 is 0 Å². The van der Waals surface area contributed by atoms with Crippen LogP contribution in [0.2, 0.25) is 0 Å². The van der Waals surface area contributed by atoms with Crippen molar-refractivity contribution in [2.24, 2.45) is 5.73 Å². The molecule has 2 N–H and O–H groups in total. The van der Waals surface area contributed by atoms with E-state index in [4.69, 9.17) is 10.7 Å². The third-order valence-electron chi connectivity index (χ3n) is 4.17. The smallest absolute Gasteiger partial charge is 0.0705 e. The summed E-state index contributed by atoms with van der Waals surface area (Å²) in [5.41, 5.74) is 7.92. The minimum atomic E-state index is 0.756. The van der Waals surface area contributed by atoms with Gasteiger partial charge in [0.25, 0.3) is 0 Å². The van der Waals surface area contributed by atoms with Gasteiger partial charge in [0.15, 0.2) is 0 Å². The number of aromatic nitrogens is 1. The maximum absolute atomic E-state index is 5.66. The third-order valence-corrected chi connectivity index (χ3v) is 4.17. The van der Waals surface area contributed by atoms with Crippen molar-refractivity contribution >= 4 is 10.9 Å². The molecule has 0 aliphatic carbocycles. The number of fused-ring (bicyclic) bond motifs is 1. The van der Waals surface area contributed by atoms with E-state index in [1.807, 2.05) is 0 Å². The van der Waals surface area contributed by atoms with Crippen molar-refractivity contribution in [3.8, 4) is 0 Å². The van der Waals surface area contributed by atoms with Gasteiger partial charge in [0, 0.05) is 38.1 Å². The van der Waals surface area contributed by atoms with E-state index in [-0.39, 0.29) is 0 Å². The minimum Gasteiger partial charge on any atom is -0.329 e. The Morgan fingerprint density at radius 2 is 1.76 bits per heavy atom. The van der Waals surface area contributed by atoms with Crippen LogP contribution in [-0.4, -0.2) is 54.1 Å². The van der Waals surface area contributed by atoms with Crippen molar-refractivity contribution in [2.45, 2.75) is 13.0 Å². The summed E-state index contributed by atoms with van der Waals surface area (Å²) >= 11 is 0. The Morgan fingerprint density at radius 1 is 0.952 bits per heavy atom. The lowest BCUT2D eigenvalue weighted by molar-refractivity contribution is 0.253. The van der Waals surface area contributed by atoms with Crippen LogP contribution in [0.5, 0.6) is 0 Å². The minimum absolute atomic E-state index is 0.756. The number of para-hydroxylation sites is 1. The van der Waals surface area contributed by atoms with Crippen LogP contribution in [0.15, 0.2) is 36.4 Å². The molecule has 4 heteroatoms. The summed E-state index contributed by atoms with van der Waals surface area (Å²) < 4.78 is 0. The van der Waals surface area contributed by atoms with Crippen molar-refractivity contribution in [1.82, 2.24) is 14.8 Å². The quantitative estimate of drug-likeness (QED) is 0.928.